The molecule has 0 radical (unpaired) electrons. The zero-order valence-corrected chi connectivity index (χ0v) is 17.9. The van der Waals surface area contributed by atoms with Crippen LogP contribution in [-0.4, -0.2) is 29.8 Å². The third-order valence-corrected chi connectivity index (χ3v) is 5.51. The Bertz CT molecular complexity index is 1110. The lowest BCUT2D eigenvalue weighted by molar-refractivity contribution is 0.417. The van der Waals surface area contributed by atoms with Crippen LogP contribution in [0.1, 0.15) is 29.7 Å². The van der Waals surface area contributed by atoms with Crippen molar-refractivity contribution in [2.24, 2.45) is 0 Å². The molecule has 6 nitrogen and oxygen atoms in total. The summed E-state index contributed by atoms with van der Waals surface area (Å²) in [5, 5.41) is 15.3. The number of aryl methyl sites for hydroxylation is 2. The Hall–Kier alpha value is -3.67. The lowest BCUT2D eigenvalue weighted by atomic mass is 9.88. The van der Waals surface area contributed by atoms with E-state index in [1.54, 1.807) is 7.11 Å². The molecule has 3 N–H and O–H groups in total. The van der Waals surface area contributed by atoms with Crippen LogP contribution in [0.4, 0.5) is 11.6 Å². The summed E-state index contributed by atoms with van der Waals surface area (Å²) in [6, 6.07) is 18.1. The SMILES string of the molecule is CN/C(CCc1ccccc1)=C1\C(=N)CCc2cnc(Nc3ccccc3OC)nc21. The predicted molar refractivity (Wildman–Crippen MR) is 125 cm³/mol. The Balaban J connectivity index is 1.68. The van der Waals surface area contributed by atoms with Gasteiger partial charge < -0.3 is 20.8 Å². The molecule has 0 aliphatic heterocycles. The van der Waals surface area contributed by atoms with E-state index >= 15 is 0 Å². The van der Waals surface area contributed by atoms with Crippen LogP contribution in [0.15, 0.2) is 66.5 Å². The van der Waals surface area contributed by atoms with Crippen LogP contribution in [0.5, 0.6) is 5.75 Å². The number of anilines is 2. The van der Waals surface area contributed by atoms with E-state index in [4.69, 9.17) is 15.1 Å². The van der Waals surface area contributed by atoms with Gasteiger partial charge in [0.05, 0.1) is 18.5 Å². The van der Waals surface area contributed by atoms with Gasteiger partial charge in [-0.2, -0.15) is 0 Å². The molecule has 0 spiro atoms. The van der Waals surface area contributed by atoms with Crippen molar-refractivity contribution in [3.8, 4) is 5.75 Å². The van der Waals surface area contributed by atoms with Crippen molar-refractivity contribution in [1.29, 1.82) is 5.41 Å². The fraction of sp³-hybridized carbons (Fsp3) is 0.240. The lowest BCUT2D eigenvalue weighted by Crippen LogP contribution is -2.21. The molecule has 0 amide bonds. The number of ether oxygens (including phenoxy) is 1. The van der Waals surface area contributed by atoms with Gasteiger partial charge in [0.15, 0.2) is 0 Å². The monoisotopic (exact) mass is 413 g/mol. The van der Waals surface area contributed by atoms with Gasteiger partial charge in [0, 0.05) is 30.2 Å². The average molecular weight is 414 g/mol. The Morgan fingerprint density at radius 1 is 1.06 bits per heavy atom. The molecule has 31 heavy (non-hydrogen) atoms. The van der Waals surface area contributed by atoms with Crippen molar-refractivity contribution in [3.63, 3.8) is 0 Å². The van der Waals surface area contributed by atoms with E-state index < -0.39 is 0 Å². The highest BCUT2D eigenvalue weighted by atomic mass is 16.5. The van der Waals surface area contributed by atoms with E-state index in [0.29, 0.717) is 18.1 Å². The highest BCUT2D eigenvalue weighted by Gasteiger charge is 2.24. The summed E-state index contributed by atoms with van der Waals surface area (Å²) in [6.07, 6.45) is 5.07. The first-order valence-electron chi connectivity index (χ1n) is 10.5. The largest absolute Gasteiger partial charge is 0.495 e. The molecule has 1 aliphatic carbocycles. The van der Waals surface area contributed by atoms with Gasteiger partial charge in [-0.25, -0.2) is 9.97 Å². The van der Waals surface area contributed by atoms with Crippen LogP contribution < -0.4 is 15.4 Å². The number of aromatic nitrogens is 2. The molecular formula is C25H27N5O. The fourth-order valence-corrected chi connectivity index (χ4v) is 3.88. The molecule has 0 saturated carbocycles. The third kappa shape index (κ3) is 4.58. The normalized spacial score (nSPS) is 14.6. The third-order valence-electron chi connectivity index (χ3n) is 5.51. The van der Waals surface area contributed by atoms with Crippen molar-refractivity contribution < 1.29 is 4.74 Å². The average Bonchev–Trinajstić information content (AvgIpc) is 2.81. The van der Waals surface area contributed by atoms with Crippen molar-refractivity contribution in [3.05, 3.63) is 83.3 Å². The second-order valence-corrected chi connectivity index (χ2v) is 7.46. The van der Waals surface area contributed by atoms with Crippen molar-refractivity contribution >= 4 is 22.9 Å². The highest BCUT2D eigenvalue weighted by Crippen LogP contribution is 2.32. The number of nitrogens with zero attached hydrogens (tertiary/aromatic N) is 2. The zero-order valence-electron chi connectivity index (χ0n) is 17.9. The van der Waals surface area contributed by atoms with E-state index in [-0.39, 0.29) is 0 Å². The summed E-state index contributed by atoms with van der Waals surface area (Å²) in [5.74, 6) is 1.22. The van der Waals surface area contributed by atoms with Crippen LogP contribution in [0.2, 0.25) is 0 Å². The van der Waals surface area contributed by atoms with Gasteiger partial charge in [-0.15, -0.1) is 0 Å². The van der Waals surface area contributed by atoms with Gasteiger partial charge in [0.2, 0.25) is 5.95 Å². The molecule has 1 heterocycles. The molecule has 0 atom stereocenters. The maximum atomic E-state index is 8.65. The number of methoxy groups -OCH3 is 1. The smallest absolute Gasteiger partial charge is 0.227 e. The second-order valence-electron chi connectivity index (χ2n) is 7.46. The summed E-state index contributed by atoms with van der Waals surface area (Å²) in [5.41, 5.74) is 6.54. The standard InChI is InChI=1S/C25H27N5O/c1-27-21(15-12-17-8-4-3-5-9-17)23-19(26)14-13-18-16-28-25(30-24(18)23)29-20-10-6-7-11-22(20)31-2/h3-11,16,26-27H,12-15H2,1-2H3,(H,28,29,30)/b23-21+,26-19?. The fourth-order valence-electron chi connectivity index (χ4n) is 3.88. The van der Waals surface area contributed by atoms with Crippen LogP contribution in [0.25, 0.3) is 5.57 Å². The summed E-state index contributed by atoms with van der Waals surface area (Å²) < 4.78 is 5.43. The Morgan fingerprint density at radius 3 is 2.61 bits per heavy atom. The minimum Gasteiger partial charge on any atom is -0.495 e. The van der Waals surface area contributed by atoms with Crippen molar-refractivity contribution in [1.82, 2.24) is 15.3 Å². The minimum absolute atomic E-state index is 0.494. The van der Waals surface area contributed by atoms with E-state index in [0.717, 1.165) is 53.2 Å². The molecule has 1 aliphatic rings. The van der Waals surface area contributed by atoms with Gasteiger partial charge in [-0.1, -0.05) is 42.5 Å². The molecule has 3 aromatic rings. The maximum Gasteiger partial charge on any atom is 0.227 e. The molecule has 6 heteroatoms. The van der Waals surface area contributed by atoms with Gasteiger partial charge >= 0.3 is 0 Å². The predicted octanol–water partition coefficient (Wildman–Crippen LogP) is 4.76. The number of rotatable bonds is 7. The number of nitrogens with one attached hydrogen (secondary N) is 3. The molecule has 1 aromatic heterocycles. The molecule has 0 bridgehead atoms. The van der Waals surface area contributed by atoms with E-state index in [1.165, 1.54) is 5.56 Å². The first-order chi connectivity index (χ1) is 15.2. The molecule has 158 valence electrons. The Labute approximate surface area is 182 Å². The Kier molecular flexibility index (Phi) is 6.26. The summed E-state index contributed by atoms with van der Waals surface area (Å²) >= 11 is 0. The highest BCUT2D eigenvalue weighted by molar-refractivity contribution is 6.24. The molecule has 0 saturated heterocycles. The van der Waals surface area contributed by atoms with Crippen LogP contribution in [-0.2, 0) is 12.8 Å². The van der Waals surface area contributed by atoms with Gasteiger partial charge in [0.25, 0.3) is 0 Å². The topological polar surface area (TPSA) is 82.9 Å². The molecular weight excluding hydrogens is 386 g/mol. The van der Waals surface area contributed by atoms with Crippen LogP contribution >= 0.6 is 0 Å². The van der Waals surface area contributed by atoms with Crippen molar-refractivity contribution in [2.45, 2.75) is 25.7 Å². The minimum atomic E-state index is 0.494. The Morgan fingerprint density at radius 2 is 1.84 bits per heavy atom. The second kappa shape index (κ2) is 9.43. The van der Waals surface area contributed by atoms with Gasteiger partial charge in [-0.3, -0.25) is 0 Å². The first kappa shape index (κ1) is 20.6. The molecule has 0 unspecified atom stereocenters. The molecule has 2 aromatic carbocycles. The lowest BCUT2D eigenvalue weighted by Gasteiger charge is -2.23. The summed E-state index contributed by atoms with van der Waals surface area (Å²) in [4.78, 5) is 9.33. The summed E-state index contributed by atoms with van der Waals surface area (Å²) in [6.45, 7) is 0. The van der Waals surface area contributed by atoms with Gasteiger partial charge in [0.1, 0.15) is 5.75 Å². The number of fused-ring (bicyclic) bond motifs is 1. The number of para-hydroxylation sites is 2. The van der Waals surface area contributed by atoms with Crippen LogP contribution in [0.3, 0.4) is 0 Å². The molecule has 0 fully saturated rings. The molecule has 4 rings (SSSR count). The quantitative estimate of drug-likeness (QED) is 0.520. The maximum absolute atomic E-state index is 8.65. The zero-order chi connectivity index (χ0) is 21.6. The van der Waals surface area contributed by atoms with E-state index in [1.807, 2.05) is 43.6 Å². The van der Waals surface area contributed by atoms with Crippen LogP contribution in [0, 0.1) is 5.41 Å². The number of hydrogen-bond acceptors (Lipinski definition) is 6. The number of allylic oxidation sites excluding steroid dienone is 2. The van der Waals surface area contributed by atoms with Gasteiger partial charge in [-0.05, 0) is 48.9 Å². The number of benzene rings is 2. The van der Waals surface area contributed by atoms with Crippen molar-refractivity contribution in [2.75, 3.05) is 19.5 Å². The summed E-state index contributed by atoms with van der Waals surface area (Å²) in [7, 11) is 3.56. The first-order valence-corrected chi connectivity index (χ1v) is 10.5. The number of hydrogen-bond donors (Lipinski definition) is 3. The van der Waals surface area contributed by atoms with E-state index in [9.17, 15) is 0 Å². The van der Waals surface area contributed by atoms with E-state index in [2.05, 4.69) is 39.9 Å².